The van der Waals surface area contributed by atoms with Gasteiger partial charge in [0.1, 0.15) is 0 Å². The molecule has 0 aliphatic carbocycles. The molecule has 1 aliphatic heterocycles. The Balaban J connectivity index is 1.54. The molecule has 1 aliphatic rings. The van der Waals surface area contributed by atoms with Crippen LogP contribution in [0.3, 0.4) is 0 Å². The van der Waals surface area contributed by atoms with Crippen LogP contribution in [0.15, 0.2) is 54.6 Å². The van der Waals surface area contributed by atoms with Gasteiger partial charge in [-0.15, -0.1) is 0 Å². The van der Waals surface area contributed by atoms with Crippen molar-refractivity contribution in [1.29, 1.82) is 0 Å². The largest absolute Gasteiger partial charge is 0.366 e. The average molecular weight is 294 g/mol. The van der Waals surface area contributed by atoms with Crippen LogP contribution in [0.25, 0.3) is 0 Å². The molecule has 1 fully saturated rings. The summed E-state index contributed by atoms with van der Waals surface area (Å²) >= 11 is 0. The molecule has 2 N–H and O–H groups in total. The lowest BCUT2D eigenvalue weighted by Gasteiger charge is -2.32. The number of carbonyl (C=O) groups excluding carboxylic acids is 1. The molecule has 1 amide bonds. The Morgan fingerprint density at radius 2 is 1.64 bits per heavy atom. The molecule has 0 aromatic heterocycles. The number of nitrogens with two attached hydrogens (primary N) is 1. The minimum absolute atomic E-state index is 0.366. The van der Waals surface area contributed by atoms with Gasteiger partial charge in [0.15, 0.2) is 0 Å². The third-order valence-corrected chi connectivity index (χ3v) is 4.50. The lowest BCUT2D eigenvalue weighted by molar-refractivity contribution is 0.100. The molecule has 0 radical (unpaired) electrons. The molecular weight excluding hydrogens is 272 g/mol. The highest BCUT2D eigenvalue weighted by molar-refractivity contribution is 5.92. The fourth-order valence-electron chi connectivity index (χ4n) is 3.18. The first kappa shape index (κ1) is 14.8. The van der Waals surface area contributed by atoms with Crippen LogP contribution < -0.4 is 5.73 Å². The van der Waals surface area contributed by atoms with Crippen molar-refractivity contribution in [2.75, 3.05) is 13.1 Å². The van der Waals surface area contributed by atoms with Crippen molar-refractivity contribution >= 4 is 5.91 Å². The molecule has 3 heteroatoms. The maximum atomic E-state index is 11.1. The van der Waals surface area contributed by atoms with E-state index in [0.29, 0.717) is 11.5 Å². The van der Waals surface area contributed by atoms with Crippen molar-refractivity contribution < 1.29 is 4.79 Å². The van der Waals surface area contributed by atoms with Crippen molar-refractivity contribution in [3.63, 3.8) is 0 Å². The Hall–Kier alpha value is -2.13. The SMILES string of the molecule is NC(=O)c1ccc(CN2CCC(c3ccccc3)CC2)cc1. The Morgan fingerprint density at radius 1 is 1.00 bits per heavy atom. The molecule has 22 heavy (non-hydrogen) atoms. The number of carbonyl (C=O) groups is 1. The highest BCUT2D eigenvalue weighted by Crippen LogP contribution is 2.28. The van der Waals surface area contributed by atoms with Crippen molar-refractivity contribution in [1.82, 2.24) is 4.90 Å². The molecule has 1 heterocycles. The first-order valence-corrected chi connectivity index (χ1v) is 7.88. The Labute approximate surface area is 131 Å². The molecule has 0 unspecified atom stereocenters. The van der Waals surface area contributed by atoms with Crippen LogP contribution in [0, 0.1) is 0 Å². The minimum atomic E-state index is -0.366. The van der Waals surface area contributed by atoms with E-state index in [-0.39, 0.29) is 5.91 Å². The summed E-state index contributed by atoms with van der Waals surface area (Å²) in [6.45, 7) is 3.19. The zero-order valence-electron chi connectivity index (χ0n) is 12.7. The lowest BCUT2D eigenvalue weighted by atomic mass is 9.89. The van der Waals surface area contributed by atoms with Crippen LogP contribution in [0.4, 0.5) is 0 Å². The number of nitrogens with zero attached hydrogens (tertiary/aromatic N) is 1. The number of benzene rings is 2. The summed E-state index contributed by atoms with van der Waals surface area (Å²) in [5.41, 5.74) is 8.55. The first-order chi connectivity index (χ1) is 10.7. The van der Waals surface area contributed by atoms with E-state index in [1.54, 1.807) is 0 Å². The summed E-state index contributed by atoms with van der Waals surface area (Å²) in [5.74, 6) is 0.324. The molecule has 1 saturated heterocycles. The van der Waals surface area contributed by atoms with Crippen LogP contribution in [-0.4, -0.2) is 23.9 Å². The molecule has 0 spiro atoms. The predicted octanol–water partition coefficient (Wildman–Crippen LogP) is 3.17. The quantitative estimate of drug-likeness (QED) is 0.941. The second-order valence-corrected chi connectivity index (χ2v) is 6.02. The van der Waals surface area contributed by atoms with Crippen molar-refractivity contribution in [3.05, 3.63) is 71.3 Å². The zero-order chi connectivity index (χ0) is 15.4. The van der Waals surface area contributed by atoms with Gasteiger partial charge in [0, 0.05) is 12.1 Å². The van der Waals surface area contributed by atoms with Crippen molar-refractivity contribution in [2.24, 2.45) is 5.73 Å². The topological polar surface area (TPSA) is 46.3 Å². The van der Waals surface area contributed by atoms with Crippen LogP contribution >= 0.6 is 0 Å². The van der Waals surface area contributed by atoms with Gasteiger partial charge in [-0.2, -0.15) is 0 Å². The first-order valence-electron chi connectivity index (χ1n) is 7.88. The fraction of sp³-hybridized carbons (Fsp3) is 0.316. The van der Waals surface area contributed by atoms with Gasteiger partial charge < -0.3 is 5.73 Å². The highest BCUT2D eigenvalue weighted by atomic mass is 16.1. The molecule has 0 saturated carbocycles. The van der Waals surface area contributed by atoms with Gasteiger partial charge in [0.2, 0.25) is 5.91 Å². The summed E-state index contributed by atoms with van der Waals surface area (Å²) in [7, 11) is 0. The highest BCUT2D eigenvalue weighted by Gasteiger charge is 2.20. The van der Waals surface area contributed by atoms with E-state index >= 15 is 0 Å². The van der Waals surface area contributed by atoms with Crippen LogP contribution in [0.2, 0.25) is 0 Å². The Kier molecular flexibility index (Phi) is 4.54. The summed E-state index contributed by atoms with van der Waals surface area (Å²) in [6, 6.07) is 18.4. The van der Waals surface area contributed by atoms with Crippen molar-refractivity contribution in [2.45, 2.75) is 25.3 Å². The van der Waals surface area contributed by atoms with E-state index in [4.69, 9.17) is 5.73 Å². The van der Waals surface area contributed by atoms with E-state index < -0.39 is 0 Å². The monoisotopic (exact) mass is 294 g/mol. The number of hydrogen-bond donors (Lipinski definition) is 1. The molecule has 3 nitrogen and oxygen atoms in total. The third-order valence-electron chi connectivity index (χ3n) is 4.50. The minimum Gasteiger partial charge on any atom is -0.366 e. The predicted molar refractivity (Wildman–Crippen MR) is 88.7 cm³/mol. The van der Waals surface area contributed by atoms with Gasteiger partial charge in [-0.3, -0.25) is 9.69 Å². The maximum Gasteiger partial charge on any atom is 0.248 e. The Bertz CT molecular complexity index is 614. The normalized spacial score (nSPS) is 16.5. The van der Waals surface area contributed by atoms with Gasteiger partial charge in [0.25, 0.3) is 0 Å². The van der Waals surface area contributed by atoms with Gasteiger partial charge in [0.05, 0.1) is 0 Å². The average Bonchev–Trinajstić information content (AvgIpc) is 2.57. The summed E-state index contributed by atoms with van der Waals surface area (Å²) in [4.78, 5) is 13.6. The van der Waals surface area contributed by atoms with Crippen LogP contribution in [-0.2, 0) is 6.54 Å². The number of piperidine rings is 1. The van der Waals surface area contributed by atoms with Crippen LogP contribution in [0.5, 0.6) is 0 Å². The van der Waals surface area contributed by atoms with E-state index in [2.05, 4.69) is 35.2 Å². The fourth-order valence-corrected chi connectivity index (χ4v) is 3.18. The van der Waals surface area contributed by atoms with Gasteiger partial charge in [-0.05, 0) is 55.1 Å². The van der Waals surface area contributed by atoms with E-state index in [1.165, 1.54) is 24.0 Å². The van der Waals surface area contributed by atoms with Gasteiger partial charge in [-0.25, -0.2) is 0 Å². The molecular formula is C19H22N2O. The molecule has 3 rings (SSSR count). The van der Waals surface area contributed by atoms with Crippen molar-refractivity contribution in [3.8, 4) is 0 Å². The van der Waals surface area contributed by atoms with Gasteiger partial charge >= 0.3 is 0 Å². The third kappa shape index (κ3) is 3.55. The molecule has 2 aromatic carbocycles. The molecule has 0 atom stereocenters. The summed E-state index contributed by atoms with van der Waals surface area (Å²) < 4.78 is 0. The number of rotatable bonds is 4. The van der Waals surface area contributed by atoms with Crippen LogP contribution in [0.1, 0.15) is 40.2 Å². The number of primary amides is 1. The van der Waals surface area contributed by atoms with Gasteiger partial charge in [-0.1, -0.05) is 42.5 Å². The van der Waals surface area contributed by atoms with E-state index in [1.807, 2.05) is 24.3 Å². The number of likely N-dealkylation sites (tertiary alicyclic amines) is 1. The number of amides is 1. The molecule has 0 bridgehead atoms. The van der Waals surface area contributed by atoms with E-state index in [9.17, 15) is 4.79 Å². The second kappa shape index (κ2) is 6.75. The number of hydrogen-bond acceptors (Lipinski definition) is 2. The summed E-state index contributed by atoms with van der Waals surface area (Å²) in [5, 5.41) is 0. The molecule has 114 valence electrons. The maximum absolute atomic E-state index is 11.1. The summed E-state index contributed by atoms with van der Waals surface area (Å²) in [6.07, 6.45) is 2.42. The van der Waals surface area contributed by atoms with E-state index in [0.717, 1.165) is 19.6 Å². The lowest BCUT2D eigenvalue weighted by Crippen LogP contribution is -2.32. The standard InChI is InChI=1S/C19H22N2O/c20-19(22)18-8-6-15(7-9-18)14-21-12-10-17(11-13-21)16-4-2-1-3-5-16/h1-9,17H,10-14H2,(H2,20,22). The zero-order valence-corrected chi connectivity index (χ0v) is 12.7. The Morgan fingerprint density at radius 3 is 2.23 bits per heavy atom. The second-order valence-electron chi connectivity index (χ2n) is 6.02. The molecule has 2 aromatic rings. The smallest absolute Gasteiger partial charge is 0.248 e.